The lowest BCUT2D eigenvalue weighted by atomic mass is 9.73. The molecule has 1 spiro atoms. The molecule has 29 heavy (non-hydrogen) atoms. The largest absolute Gasteiger partial charge is 0.453 e. The van der Waals surface area contributed by atoms with Gasteiger partial charge < -0.3 is 10.1 Å². The van der Waals surface area contributed by atoms with Crippen molar-refractivity contribution < 1.29 is 32.7 Å². The lowest BCUT2D eigenvalue weighted by Crippen LogP contribution is -2.54. The molecular formula is C20H22F2N2O5. The van der Waals surface area contributed by atoms with Crippen molar-refractivity contribution in [1.82, 2.24) is 10.2 Å². The molecule has 0 radical (unpaired) electrons. The van der Waals surface area contributed by atoms with E-state index in [1.54, 1.807) is 0 Å². The van der Waals surface area contributed by atoms with Crippen LogP contribution >= 0.6 is 0 Å². The third-order valence-electron chi connectivity index (χ3n) is 5.67. The maximum absolute atomic E-state index is 13.3. The molecule has 1 heterocycles. The molecule has 3 rings (SSSR count). The van der Waals surface area contributed by atoms with Crippen molar-refractivity contribution >= 4 is 23.7 Å². The minimum absolute atomic E-state index is 0.0532. The Balaban J connectivity index is 1.64. The first kappa shape index (κ1) is 20.9. The van der Waals surface area contributed by atoms with Crippen LogP contribution in [-0.2, 0) is 14.3 Å². The summed E-state index contributed by atoms with van der Waals surface area (Å²) in [4.78, 5) is 50.4. The summed E-state index contributed by atoms with van der Waals surface area (Å²) in [5.74, 6) is -4.49. The van der Waals surface area contributed by atoms with Gasteiger partial charge in [-0.1, -0.05) is 19.8 Å². The van der Waals surface area contributed by atoms with Crippen LogP contribution in [0.2, 0.25) is 0 Å². The molecule has 0 bridgehead atoms. The number of hydrogen-bond donors (Lipinski definition) is 1. The first-order valence-electron chi connectivity index (χ1n) is 9.48. The van der Waals surface area contributed by atoms with E-state index < -0.39 is 53.5 Å². The zero-order chi connectivity index (χ0) is 21.3. The monoisotopic (exact) mass is 408 g/mol. The molecule has 1 aromatic rings. The molecule has 0 aromatic heterocycles. The summed E-state index contributed by atoms with van der Waals surface area (Å²) in [5, 5.41) is 2.72. The lowest BCUT2D eigenvalue weighted by Gasteiger charge is -2.36. The van der Waals surface area contributed by atoms with E-state index in [9.17, 15) is 28.0 Å². The van der Waals surface area contributed by atoms with Gasteiger partial charge in [-0.15, -0.1) is 0 Å². The molecule has 156 valence electrons. The molecule has 1 aliphatic heterocycles. The second kappa shape index (κ2) is 7.88. The number of imide groups is 1. The van der Waals surface area contributed by atoms with Gasteiger partial charge >= 0.3 is 12.0 Å². The van der Waals surface area contributed by atoms with Crippen molar-refractivity contribution in [3.63, 3.8) is 0 Å². The Morgan fingerprint density at radius 3 is 2.66 bits per heavy atom. The summed E-state index contributed by atoms with van der Waals surface area (Å²) in [5.41, 5.74) is -1.16. The maximum Gasteiger partial charge on any atom is 0.326 e. The summed E-state index contributed by atoms with van der Waals surface area (Å²) in [6.45, 7) is 2.54. The van der Waals surface area contributed by atoms with Crippen LogP contribution in [0.25, 0.3) is 0 Å². The highest BCUT2D eigenvalue weighted by atomic mass is 19.2. The SMILES string of the molecule is CC(OC(=O)CN1C(=O)NC2(CCCCC2C)C1=O)C(=O)c1ccc(F)c(F)c1. The zero-order valence-corrected chi connectivity index (χ0v) is 16.2. The van der Waals surface area contributed by atoms with Crippen LogP contribution in [-0.4, -0.2) is 46.8 Å². The van der Waals surface area contributed by atoms with Crippen molar-refractivity contribution in [2.75, 3.05) is 6.54 Å². The van der Waals surface area contributed by atoms with Crippen molar-refractivity contribution in [2.24, 2.45) is 5.92 Å². The van der Waals surface area contributed by atoms with Crippen LogP contribution in [0.4, 0.5) is 13.6 Å². The first-order valence-corrected chi connectivity index (χ1v) is 9.48. The van der Waals surface area contributed by atoms with E-state index in [1.807, 2.05) is 6.92 Å². The number of hydrogen-bond acceptors (Lipinski definition) is 5. The van der Waals surface area contributed by atoms with Gasteiger partial charge in [-0.25, -0.2) is 13.6 Å². The maximum atomic E-state index is 13.3. The third kappa shape index (κ3) is 3.86. The standard InChI is InChI=1S/C20H22F2N2O5/c1-11-5-3-4-8-20(11)18(27)24(19(28)23-20)10-16(25)29-12(2)17(26)13-6-7-14(21)15(22)9-13/h6-7,9,11-12H,3-5,8,10H2,1-2H3,(H,23,28). The van der Waals surface area contributed by atoms with E-state index in [0.29, 0.717) is 12.5 Å². The Labute approximate surface area is 166 Å². The molecule has 1 saturated carbocycles. The summed E-state index contributed by atoms with van der Waals surface area (Å²) in [7, 11) is 0. The molecule has 2 aliphatic rings. The number of halogens is 2. The van der Waals surface area contributed by atoms with E-state index in [-0.39, 0.29) is 11.5 Å². The molecule has 3 atom stereocenters. The van der Waals surface area contributed by atoms with Crippen molar-refractivity contribution in [3.05, 3.63) is 35.4 Å². The summed E-state index contributed by atoms with van der Waals surface area (Å²) < 4.78 is 31.3. The lowest BCUT2D eigenvalue weighted by molar-refractivity contribution is -0.150. The molecule has 1 aliphatic carbocycles. The number of ether oxygens (including phenoxy) is 1. The molecule has 3 unspecified atom stereocenters. The highest BCUT2D eigenvalue weighted by molar-refractivity contribution is 6.09. The van der Waals surface area contributed by atoms with Crippen LogP contribution < -0.4 is 5.32 Å². The number of carbonyl (C=O) groups is 4. The number of Topliss-reactive ketones (excluding diaryl/α,β-unsaturated/α-hetero) is 1. The number of carbonyl (C=O) groups excluding carboxylic acids is 4. The predicted octanol–water partition coefficient (Wildman–Crippen LogP) is 2.58. The van der Waals surface area contributed by atoms with Crippen LogP contribution in [0.15, 0.2) is 18.2 Å². The average Bonchev–Trinajstić information content (AvgIpc) is 2.90. The van der Waals surface area contributed by atoms with Crippen LogP contribution in [0.1, 0.15) is 49.9 Å². The number of nitrogens with one attached hydrogen (secondary N) is 1. The number of amides is 3. The molecule has 1 N–H and O–H groups in total. The summed E-state index contributed by atoms with van der Waals surface area (Å²) >= 11 is 0. The number of ketones is 1. The fourth-order valence-corrected chi connectivity index (χ4v) is 3.94. The van der Waals surface area contributed by atoms with Gasteiger partial charge in [0.25, 0.3) is 5.91 Å². The van der Waals surface area contributed by atoms with Gasteiger partial charge in [-0.05, 0) is 43.9 Å². The number of esters is 1. The van der Waals surface area contributed by atoms with Gasteiger partial charge in [0.2, 0.25) is 5.78 Å². The van der Waals surface area contributed by atoms with E-state index >= 15 is 0 Å². The third-order valence-corrected chi connectivity index (χ3v) is 5.67. The van der Waals surface area contributed by atoms with Crippen LogP contribution in [0.3, 0.4) is 0 Å². The van der Waals surface area contributed by atoms with Crippen molar-refractivity contribution in [1.29, 1.82) is 0 Å². The quantitative estimate of drug-likeness (QED) is 0.459. The number of rotatable bonds is 5. The normalized spacial score (nSPS) is 25.1. The highest BCUT2D eigenvalue weighted by Gasteiger charge is 2.55. The van der Waals surface area contributed by atoms with E-state index in [4.69, 9.17) is 4.74 Å². The average molecular weight is 408 g/mol. The molecule has 1 saturated heterocycles. The molecule has 9 heteroatoms. The Hall–Kier alpha value is -2.84. The van der Waals surface area contributed by atoms with Crippen LogP contribution in [0, 0.1) is 17.6 Å². The molecule has 1 aromatic carbocycles. The fourth-order valence-electron chi connectivity index (χ4n) is 3.94. The highest BCUT2D eigenvalue weighted by Crippen LogP contribution is 2.38. The molecule has 3 amide bonds. The van der Waals surface area contributed by atoms with Crippen LogP contribution in [0.5, 0.6) is 0 Å². The van der Waals surface area contributed by atoms with E-state index in [1.165, 1.54) is 6.92 Å². The Morgan fingerprint density at radius 2 is 2.00 bits per heavy atom. The second-order valence-electron chi connectivity index (χ2n) is 7.56. The van der Waals surface area contributed by atoms with Gasteiger partial charge in [0.1, 0.15) is 12.1 Å². The number of benzene rings is 1. The smallest absolute Gasteiger partial charge is 0.326 e. The van der Waals surface area contributed by atoms with Crippen molar-refractivity contribution in [3.8, 4) is 0 Å². The van der Waals surface area contributed by atoms with E-state index in [2.05, 4.69) is 5.32 Å². The molecule has 7 nitrogen and oxygen atoms in total. The van der Waals surface area contributed by atoms with Gasteiger partial charge in [0.15, 0.2) is 17.7 Å². The van der Waals surface area contributed by atoms with E-state index in [0.717, 1.165) is 36.3 Å². The van der Waals surface area contributed by atoms with Gasteiger partial charge in [0, 0.05) is 5.56 Å². The second-order valence-corrected chi connectivity index (χ2v) is 7.56. The Morgan fingerprint density at radius 1 is 1.28 bits per heavy atom. The Kier molecular flexibility index (Phi) is 5.68. The predicted molar refractivity (Wildman–Crippen MR) is 96.9 cm³/mol. The topological polar surface area (TPSA) is 92.8 Å². The number of urea groups is 1. The first-order chi connectivity index (χ1) is 13.7. The summed E-state index contributed by atoms with van der Waals surface area (Å²) in [6, 6.07) is 1.93. The zero-order valence-electron chi connectivity index (χ0n) is 16.2. The van der Waals surface area contributed by atoms with Gasteiger partial charge in [0.05, 0.1) is 0 Å². The Bertz CT molecular complexity index is 874. The molecule has 2 fully saturated rings. The number of nitrogens with zero attached hydrogens (tertiary/aromatic N) is 1. The van der Waals surface area contributed by atoms with Gasteiger partial charge in [-0.3, -0.25) is 19.3 Å². The minimum atomic E-state index is -1.30. The van der Waals surface area contributed by atoms with Gasteiger partial charge in [-0.2, -0.15) is 0 Å². The van der Waals surface area contributed by atoms with Crippen molar-refractivity contribution in [2.45, 2.75) is 51.2 Å². The minimum Gasteiger partial charge on any atom is -0.453 e. The fraction of sp³-hybridized carbons (Fsp3) is 0.500. The summed E-state index contributed by atoms with van der Waals surface area (Å²) in [6.07, 6.45) is 1.78. The molecular weight excluding hydrogens is 386 g/mol.